The highest BCUT2D eigenvalue weighted by Crippen LogP contribution is 2.26. The molecule has 1 unspecified atom stereocenters. The number of phenolic OH excluding ortho intramolecular Hbond substituents is 1. The summed E-state index contributed by atoms with van der Waals surface area (Å²) in [6.45, 7) is 1.19. The molecule has 0 bridgehead atoms. The van der Waals surface area contributed by atoms with Gasteiger partial charge < -0.3 is 15.7 Å². The molecule has 0 saturated carbocycles. The van der Waals surface area contributed by atoms with Gasteiger partial charge in [0.15, 0.2) is 0 Å². The van der Waals surface area contributed by atoms with E-state index in [9.17, 15) is 9.90 Å². The smallest absolute Gasteiger partial charge is 0.257 e. The molecule has 1 amide bonds. The number of phenols is 1. The number of likely N-dealkylation sites (tertiary alicyclic amines) is 1. The van der Waals surface area contributed by atoms with E-state index in [-0.39, 0.29) is 30.1 Å². The van der Waals surface area contributed by atoms with Crippen molar-refractivity contribution in [1.29, 1.82) is 0 Å². The summed E-state index contributed by atoms with van der Waals surface area (Å²) in [6.07, 6.45) is 1.92. The molecule has 1 fully saturated rings. The molecule has 1 aromatic rings. The minimum Gasteiger partial charge on any atom is -0.507 e. The van der Waals surface area contributed by atoms with Crippen LogP contribution < -0.4 is 5.73 Å². The fourth-order valence-electron chi connectivity index (χ4n) is 2.18. The highest BCUT2D eigenvalue weighted by molar-refractivity contribution is 9.10. The molecule has 3 N–H and O–H groups in total. The van der Waals surface area contributed by atoms with Crippen molar-refractivity contribution in [2.45, 2.75) is 18.9 Å². The first-order valence-electron chi connectivity index (χ1n) is 5.63. The van der Waals surface area contributed by atoms with E-state index in [1.54, 1.807) is 17.0 Å². The Hall–Kier alpha value is -0.780. The molecule has 1 aromatic carbocycles. The van der Waals surface area contributed by atoms with E-state index in [0.717, 1.165) is 17.3 Å². The predicted molar refractivity (Wildman–Crippen MR) is 76.2 cm³/mol. The molecule has 6 heteroatoms. The van der Waals surface area contributed by atoms with E-state index in [4.69, 9.17) is 5.73 Å². The second kappa shape index (κ2) is 6.41. The number of benzene rings is 1. The van der Waals surface area contributed by atoms with Crippen LogP contribution in [-0.2, 0) is 0 Å². The summed E-state index contributed by atoms with van der Waals surface area (Å²) in [5.74, 6) is -0.127. The summed E-state index contributed by atoms with van der Waals surface area (Å²) >= 11 is 3.30. The second-order valence-electron chi connectivity index (χ2n) is 4.19. The number of amides is 1. The average Bonchev–Trinajstić information content (AvgIpc) is 2.79. The van der Waals surface area contributed by atoms with Gasteiger partial charge in [-0.2, -0.15) is 0 Å². The number of nitrogens with zero attached hydrogens (tertiary/aromatic N) is 1. The Bertz CT molecular complexity index is 442. The Morgan fingerprint density at radius 3 is 2.94 bits per heavy atom. The van der Waals surface area contributed by atoms with Gasteiger partial charge in [0.25, 0.3) is 5.91 Å². The maximum absolute atomic E-state index is 12.3. The van der Waals surface area contributed by atoms with Crippen LogP contribution in [0, 0.1) is 0 Å². The van der Waals surface area contributed by atoms with Gasteiger partial charge >= 0.3 is 0 Å². The molecule has 1 aliphatic rings. The Kier molecular flexibility index (Phi) is 5.44. The van der Waals surface area contributed by atoms with Crippen molar-refractivity contribution in [3.63, 3.8) is 0 Å². The average molecular weight is 336 g/mol. The summed E-state index contributed by atoms with van der Waals surface area (Å²) in [5, 5.41) is 9.73. The van der Waals surface area contributed by atoms with Crippen molar-refractivity contribution in [3.05, 3.63) is 28.2 Å². The lowest BCUT2D eigenvalue weighted by Crippen LogP contribution is -2.39. The number of aromatic hydroxyl groups is 1. The Labute approximate surface area is 121 Å². The molecule has 0 radical (unpaired) electrons. The van der Waals surface area contributed by atoms with Gasteiger partial charge in [0.05, 0.1) is 5.56 Å². The van der Waals surface area contributed by atoms with Crippen LogP contribution in [0.1, 0.15) is 23.2 Å². The lowest BCUT2D eigenvalue weighted by Gasteiger charge is -2.23. The van der Waals surface area contributed by atoms with Gasteiger partial charge in [-0.1, -0.05) is 15.9 Å². The van der Waals surface area contributed by atoms with Gasteiger partial charge in [0.2, 0.25) is 0 Å². The molecule has 4 nitrogen and oxygen atoms in total. The van der Waals surface area contributed by atoms with E-state index in [1.807, 2.05) is 0 Å². The molecule has 2 rings (SSSR count). The van der Waals surface area contributed by atoms with Gasteiger partial charge in [-0.3, -0.25) is 4.79 Å². The van der Waals surface area contributed by atoms with Crippen molar-refractivity contribution >= 4 is 34.2 Å². The molecule has 1 atom stereocenters. The lowest BCUT2D eigenvalue weighted by atomic mass is 10.1. The summed E-state index contributed by atoms with van der Waals surface area (Å²) in [7, 11) is 0. The molecule has 0 spiro atoms. The largest absolute Gasteiger partial charge is 0.507 e. The van der Waals surface area contributed by atoms with E-state index < -0.39 is 0 Å². The topological polar surface area (TPSA) is 66.6 Å². The molecule has 0 aliphatic carbocycles. The number of hydrogen-bond acceptors (Lipinski definition) is 3. The Morgan fingerprint density at radius 2 is 2.28 bits per heavy atom. The molecular weight excluding hydrogens is 320 g/mol. The van der Waals surface area contributed by atoms with Crippen molar-refractivity contribution in [1.82, 2.24) is 4.90 Å². The van der Waals surface area contributed by atoms with Gasteiger partial charge in [-0.05, 0) is 31.0 Å². The normalized spacial score (nSPS) is 18.6. The first kappa shape index (κ1) is 15.3. The summed E-state index contributed by atoms with van der Waals surface area (Å²) in [6, 6.07) is 4.96. The fraction of sp³-hybridized carbons (Fsp3) is 0.417. The third-order valence-electron chi connectivity index (χ3n) is 3.10. The van der Waals surface area contributed by atoms with Crippen molar-refractivity contribution < 1.29 is 9.90 Å². The summed E-state index contributed by atoms with van der Waals surface area (Å²) in [5.41, 5.74) is 5.98. The van der Waals surface area contributed by atoms with Crippen molar-refractivity contribution in [3.8, 4) is 5.75 Å². The highest BCUT2D eigenvalue weighted by Gasteiger charge is 2.29. The van der Waals surface area contributed by atoms with Crippen LogP contribution in [0.3, 0.4) is 0 Å². The molecule has 1 heterocycles. The SMILES string of the molecule is Cl.NCC1CCCN1C(=O)c1cc(Br)ccc1O. The van der Waals surface area contributed by atoms with Crippen LogP contribution in [0.5, 0.6) is 5.75 Å². The quantitative estimate of drug-likeness (QED) is 0.870. The molecule has 100 valence electrons. The van der Waals surface area contributed by atoms with Crippen LogP contribution in [0.2, 0.25) is 0 Å². The number of carbonyl (C=O) groups is 1. The summed E-state index contributed by atoms with van der Waals surface area (Å²) < 4.78 is 0.780. The number of nitrogens with two attached hydrogens (primary N) is 1. The zero-order valence-electron chi connectivity index (χ0n) is 9.80. The number of carbonyl (C=O) groups excluding carboxylic acids is 1. The second-order valence-corrected chi connectivity index (χ2v) is 5.11. The monoisotopic (exact) mass is 334 g/mol. The zero-order valence-corrected chi connectivity index (χ0v) is 12.2. The van der Waals surface area contributed by atoms with Crippen LogP contribution in [0.4, 0.5) is 0 Å². The molecule has 1 saturated heterocycles. The van der Waals surface area contributed by atoms with Crippen molar-refractivity contribution in [2.24, 2.45) is 5.73 Å². The fourth-order valence-corrected chi connectivity index (χ4v) is 2.54. The van der Waals surface area contributed by atoms with Gasteiger partial charge in [0.1, 0.15) is 5.75 Å². The third-order valence-corrected chi connectivity index (χ3v) is 3.59. The molecule has 18 heavy (non-hydrogen) atoms. The van der Waals surface area contributed by atoms with Crippen LogP contribution in [0.25, 0.3) is 0 Å². The molecular formula is C12H16BrClN2O2. The minimum atomic E-state index is -0.142. The zero-order chi connectivity index (χ0) is 12.4. The van der Waals surface area contributed by atoms with Crippen LogP contribution >= 0.6 is 28.3 Å². The van der Waals surface area contributed by atoms with Gasteiger partial charge in [0, 0.05) is 23.6 Å². The van der Waals surface area contributed by atoms with Gasteiger partial charge in [-0.25, -0.2) is 0 Å². The van der Waals surface area contributed by atoms with E-state index in [2.05, 4.69) is 15.9 Å². The van der Waals surface area contributed by atoms with Crippen molar-refractivity contribution in [2.75, 3.05) is 13.1 Å². The van der Waals surface area contributed by atoms with E-state index in [1.165, 1.54) is 6.07 Å². The first-order chi connectivity index (χ1) is 8.13. The highest BCUT2D eigenvalue weighted by atomic mass is 79.9. The number of hydrogen-bond donors (Lipinski definition) is 2. The molecule has 1 aliphatic heterocycles. The predicted octanol–water partition coefficient (Wildman–Crippen LogP) is 2.14. The maximum atomic E-state index is 12.3. The first-order valence-corrected chi connectivity index (χ1v) is 6.42. The van der Waals surface area contributed by atoms with Crippen LogP contribution in [-0.4, -0.2) is 35.0 Å². The number of rotatable bonds is 2. The third kappa shape index (κ3) is 2.96. The van der Waals surface area contributed by atoms with E-state index >= 15 is 0 Å². The van der Waals surface area contributed by atoms with Gasteiger partial charge in [-0.15, -0.1) is 12.4 Å². The van der Waals surface area contributed by atoms with Crippen LogP contribution in [0.15, 0.2) is 22.7 Å². The standard InChI is InChI=1S/C12H15BrN2O2.ClH/c13-8-3-4-11(16)10(6-8)12(17)15-5-1-2-9(15)7-14;/h3-4,6,9,16H,1-2,5,7,14H2;1H. The van der Waals surface area contributed by atoms with E-state index in [0.29, 0.717) is 18.7 Å². The number of halogens is 2. The lowest BCUT2D eigenvalue weighted by molar-refractivity contribution is 0.0738. The molecule has 0 aromatic heterocycles. The Balaban J connectivity index is 0.00000162. The minimum absolute atomic E-state index is 0. The summed E-state index contributed by atoms with van der Waals surface area (Å²) in [4.78, 5) is 14.0. The Morgan fingerprint density at radius 1 is 1.56 bits per heavy atom. The maximum Gasteiger partial charge on any atom is 0.257 e.